The van der Waals surface area contributed by atoms with Gasteiger partial charge in [-0.3, -0.25) is 5.84 Å². The third-order valence-corrected chi connectivity index (χ3v) is 4.53. The first-order valence-corrected chi connectivity index (χ1v) is 7.58. The van der Waals surface area contributed by atoms with Crippen LogP contribution in [-0.4, -0.2) is 12.2 Å². The highest BCUT2D eigenvalue weighted by atomic mass is 19.1. The van der Waals surface area contributed by atoms with Gasteiger partial charge in [-0.05, 0) is 50.7 Å². The van der Waals surface area contributed by atoms with E-state index in [4.69, 9.17) is 10.6 Å². The van der Waals surface area contributed by atoms with Gasteiger partial charge in [-0.15, -0.1) is 0 Å². The molecule has 1 aromatic carbocycles. The van der Waals surface area contributed by atoms with Crippen molar-refractivity contribution in [2.45, 2.75) is 51.2 Å². The standard InChI is InChI=1S/C16H24F2N2O/c1-3-21-16(9-7-11(2)8-10-16)15(20-19)14-12(17)5-4-6-13(14)18/h4-6,11,15,20H,3,7-10,19H2,1-2H3. The molecule has 1 unspecified atom stereocenters. The fourth-order valence-electron chi connectivity index (χ4n) is 3.34. The predicted octanol–water partition coefficient (Wildman–Crippen LogP) is 3.45. The molecule has 0 amide bonds. The second-order valence-corrected chi connectivity index (χ2v) is 5.92. The topological polar surface area (TPSA) is 47.3 Å². The zero-order valence-corrected chi connectivity index (χ0v) is 12.7. The van der Waals surface area contributed by atoms with E-state index in [2.05, 4.69) is 12.3 Å². The third-order valence-electron chi connectivity index (χ3n) is 4.53. The van der Waals surface area contributed by atoms with Crippen LogP contribution in [0.25, 0.3) is 0 Å². The van der Waals surface area contributed by atoms with Crippen LogP contribution in [0.1, 0.15) is 51.1 Å². The van der Waals surface area contributed by atoms with Gasteiger partial charge in [-0.25, -0.2) is 14.2 Å². The molecule has 0 heterocycles. The molecule has 118 valence electrons. The van der Waals surface area contributed by atoms with Crippen LogP contribution < -0.4 is 11.3 Å². The Labute approximate surface area is 124 Å². The van der Waals surface area contributed by atoms with Crippen LogP contribution in [0.4, 0.5) is 8.78 Å². The van der Waals surface area contributed by atoms with Crippen molar-refractivity contribution in [1.29, 1.82) is 0 Å². The Kier molecular flexibility index (Phi) is 5.30. The normalized spacial score (nSPS) is 27.6. The third kappa shape index (κ3) is 3.25. The Hall–Kier alpha value is -1.04. The van der Waals surface area contributed by atoms with Crippen LogP contribution in [0.3, 0.4) is 0 Å². The van der Waals surface area contributed by atoms with Gasteiger partial charge in [-0.2, -0.15) is 0 Å². The van der Waals surface area contributed by atoms with Crippen molar-refractivity contribution < 1.29 is 13.5 Å². The summed E-state index contributed by atoms with van der Waals surface area (Å²) in [5, 5.41) is 0. The fraction of sp³-hybridized carbons (Fsp3) is 0.625. The van der Waals surface area contributed by atoms with Crippen molar-refractivity contribution in [1.82, 2.24) is 5.43 Å². The lowest BCUT2D eigenvalue weighted by Gasteiger charge is -2.44. The molecule has 0 saturated heterocycles. The number of rotatable bonds is 5. The maximum atomic E-state index is 14.1. The molecule has 0 aromatic heterocycles. The summed E-state index contributed by atoms with van der Waals surface area (Å²) >= 11 is 0. The predicted molar refractivity (Wildman–Crippen MR) is 78.4 cm³/mol. The average Bonchev–Trinajstić information content (AvgIpc) is 2.46. The van der Waals surface area contributed by atoms with E-state index in [1.165, 1.54) is 18.2 Å². The molecule has 0 aliphatic heterocycles. The van der Waals surface area contributed by atoms with E-state index in [0.29, 0.717) is 12.5 Å². The molecule has 1 atom stereocenters. The van der Waals surface area contributed by atoms with E-state index in [0.717, 1.165) is 25.7 Å². The van der Waals surface area contributed by atoms with Gasteiger partial charge in [0.05, 0.1) is 11.6 Å². The molecule has 0 bridgehead atoms. The molecule has 1 aliphatic carbocycles. The minimum atomic E-state index is -0.689. The van der Waals surface area contributed by atoms with E-state index in [1.807, 2.05) is 6.92 Å². The minimum absolute atomic E-state index is 0.0250. The summed E-state index contributed by atoms with van der Waals surface area (Å²) in [6.45, 7) is 4.57. The second-order valence-electron chi connectivity index (χ2n) is 5.92. The molecule has 0 radical (unpaired) electrons. The van der Waals surface area contributed by atoms with E-state index in [-0.39, 0.29) is 5.56 Å². The summed E-state index contributed by atoms with van der Waals surface area (Å²) in [6, 6.07) is 3.19. The van der Waals surface area contributed by atoms with Gasteiger partial charge < -0.3 is 4.74 Å². The van der Waals surface area contributed by atoms with Crippen molar-refractivity contribution >= 4 is 0 Å². The summed E-state index contributed by atoms with van der Waals surface area (Å²) in [7, 11) is 0. The van der Waals surface area contributed by atoms with Gasteiger partial charge in [0.1, 0.15) is 11.6 Å². The highest BCUT2D eigenvalue weighted by Crippen LogP contribution is 2.44. The quantitative estimate of drug-likeness (QED) is 0.646. The van der Waals surface area contributed by atoms with Crippen molar-refractivity contribution in [3.05, 3.63) is 35.4 Å². The van der Waals surface area contributed by atoms with Crippen LogP contribution in [0.15, 0.2) is 18.2 Å². The average molecular weight is 298 g/mol. The van der Waals surface area contributed by atoms with Crippen molar-refractivity contribution in [3.63, 3.8) is 0 Å². The van der Waals surface area contributed by atoms with Gasteiger partial charge in [0.25, 0.3) is 0 Å². The molecule has 1 aromatic rings. The van der Waals surface area contributed by atoms with Gasteiger partial charge in [0, 0.05) is 12.2 Å². The molecule has 2 rings (SSSR count). The van der Waals surface area contributed by atoms with Crippen LogP contribution in [0.2, 0.25) is 0 Å². The largest absolute Gasteiger partial charge is 0.373 e. The zero-order chi connectivity index (χ0) is 15.5. The van der Waals surface area contributed by atoms with Gasteiger partial charge >= 0.3 is 0 Å². The molecule has 1 saturated carbocycles. The van der Waals surface area contributed by atoms with Gasteiger partial charge in [0.2, 0.25) is 0 Å². The monoisotopic (exact) mass is 298 g/mol. The molecule has 1 fully saturated rings. The number of hydrogen-bond donors (Lipinski definition) is 2. The highest BCUT2D eigenvalue weighted by molar-refractivity contribution is 5.26. The first-order valence-electron chi connectivity index (χ1n) is 7.58. The number of hydrazine groups is 1. The number of nitrogens with two attached hydrogens (primary N) is 1. The lowest BCUT2D eigenvalue weighted by Crippen LogP contribution is -2.51. The molecular weight excluding hydrogens is 274 g/mol. The minimum Gasteiger partial charge on any atom is -0.373 e. The van der Waals surface area contributed by atoms with E-state index >= 15 is 0 Å². The fourth-order valence-corrected chi connectivity index (χ4v) is 3.34. The lowest BCUT2D eigenvalue weighted by molar-refractivity contribution is -0.0989. The van der Waals surface area contributed by atoms with E-state index < -0.39 is 23.3 Å². The summed E-state index contributed by atoms with van der Waals surface area (Å²) in [5.41, 5.74) is 1.93. The Balaban J connectivity index is 2.41. The molecule has 21 heavy (non-hydrogen) atoms. The Morgan fingerprint density at radius 1 is 1.33 bits per heavy atom. The summed E-state index contributed by atoms with van der Waals surface area (Å²) in [5.74, 6) is 5.08. The SMILES string of the molecule is CCOC1(C(NN)c2c(F)cccc2F)CCC(C)CC1. The molecule has 0 spiro atoms. The van der Waals surface area contributed by atoms with Crippen LogP contribution in [0.5, 0.6) is 0 Å². The van der Waals surface area contributed by atoms with Crippen LogP contribution in [-0.2, 0) is 4.74 Å². The number of benzene rings is 1. The zero-order valence-electron chi connectivity index (χ0n) is 12.7. The first kappa shape index (κ1) is 16.3. The molecule has 3 nitrogen and oxygen atoms in total. The Morgan fingerprint density at radius 2 is 1.90 bits per heavy atom. The summed E-state index contributed by atoms with van der Waals surface area (Å²) in [6.07, 6.45) is 3.41. The van der Waals surface area contributed by atoms with E-state index in [1.54, 1.807) is 0 Å². The van der Waals surface area contributed by atoms with Crippen LogP contribution in [0, 0.1) is 17.6 Å². The maximum absolute atomic E-state index is 14.1. The van der Waals surface area contributed by atoms with Gasteiger partial charge in [0.15, 0.2) is 0 Å². The summed E-state index contributed by atoms with van der Waals surface area (Å²) in [4.78, 5) is 0. The number of nitrogens with one attached hydrogen (secondary N) is 1. The molecule has 5 heteroatoms. The first-order chi connectivity index (χ1) is 10.0. The van der Waals surface area contributed by atoms with Crippen molar-refractivity contribution in [3.8, 4) is 0 Å². The molecule has 1 aliphatic rings. The van der Waals surface area contributed by atoms with Crippen molar-refractivity contribution in [2.75, 3.05) is 6.61 Å². The highest BCUT2D eigenvalue weighted by Gasteiger charge is 2.44. The molecular formula is C16H24F2N2O. The Bertz CT molecular complexity index is 453. The smallest absolute Gasteiger partial charge is 0.131 e. The molecule has 3 N–H and O–H groups in total. The van der Waals surface area contributed by atoms with E-state index in [9.17, 15) is 8.78 Å². The number of hydrogen-bond acceptors (Lipinski definition) is 3. The summed E-state index contributed by atoms with van der Waals surface area (Å²) < 4.78 is 34.2. The Morgan fingerprint density at radius 3 is 2.38 bits per heavy atom. The van der Waals surface area contributed by atoms with Crippen LogP contribution >= 0.6 is 0 Å². The van der Waals surface area contributed by atoms with Crippen molar-refractivity contribution in [2.24, 2.45) is 11.8 Å². The number of ether oxygens (including phenoxy) is 1. The van der Waals surface area contributed by atoms with Gasteiger partial charge in [-0.1, -0.05) is 13.0 Å². The number of halogens is 2. The maximum Gasteiger partial charge on any atom is 0.131 e. The second kappa shape index (κ2) is 6.81. The lowest BCUT2D eigenvalue weighted by atomic mass is 9.73.